The van der Waals surface area contributed by atoms with Crippen molar-refractivity contribution in [1.29, 1.82) is 0 Å². The highest BCUT2D eigenvalue weighted by Gasteiger charge is 2.15. The van der Waals surface area contributed by atoms with Gasteiger partial charge in [-0.3, -0.25) is 0 Å². The number of ether oxygens (including phenoxy) is 1. The SMILES string of the molecule is COc1cccc(CC(N)c2c(F)cccc2Br)c1. The lowest BCUT2D eigenvalue weighted by Crippen LogP contribution is -2.15. The minimum Gasteiger partial charge on any atom is -0.497 e. The normalized spacial score (nSPS) is 12.2. The lowest BCUT2D eigenvalue weighted by molar-refractivity contribution is 0.414. The van der Waals surface area contributed by atoms with E-state index < -0.39 is 6.04 Å². The highest BCUT2D eigenvalue weighted by molar-refractivity contribution is 9.10. The first kappa shape index (κ1) is 14.0. The van der Waals surface area contributed by atoms with Gasteiger partial charge in [-0.15, -0.1) is 0 Å². The summed E-state index contributed by atoms with van der Waals surface area (Å²) in [6, 6.07) is 12.1. The number of halogens is 2. The Labute approximate surface area is 120 Å². The fraction of sp³-hybridized carbons (Fsp3) is 0.200. The number of rotatable bonds is 4. The first-order chi connectivity index (χ1) is 9.11. The summed E-state index contributed by atoms with van der Waals surface area (Å²) in [6.07, 6.45) is 0.552. The Morgan fingerprint density at radius 2 is 2.00 bits per heavy atom. The Kier molecular flexibility index (Phi) is 4.56. The Balaban J connectivity index is 2.23. The van der Waals surface area contributed by atoms with Crippen molar-refractivity contribution in [3.63, 3.8) is 0 Å². The molecule has 0 radical (unpaired) electrons. The van der Waals surface area contributed by atoms with Crippen LogP contribution in [0.1, 0.15) is 17.2 Å². The van der Waals surface area contributed by atoms with Gasteiger partial charge in [0.25, 0.3) is 0 Å². The summed E-state index contributed by atoms with van der Waals surface area (Å²) >= 11 is 3.34. The quantitative estimate of drug-likeness (QED) is 0.927. The second-order valence-corrected chi connectivity index (χ2v) is 5.15. The molecule has 19 heavy (non-hydrogen) atoms. The lowest BCUT2D eigenvalue weighted by atomic mass is 9.99. The molecule has 0 aliphatic rings. The maximum absolute atomic E-state index is 13.8. The van der Waals surface area contributed by atoms with Crippen LogP contribution >= 0.6 is 15.9 Å². The first-order valence-corrected chi connectivity index (χ1v) is 6.73. The molecule has 4 heteroatoms. The topological polar surface area (TPSA) is 35.2 Å². The summed E-state index contributed by atoms with van der Waals surface area (Å²) in [4.78, 5) is 0. The van der Waals surface area contributed by atoms with E-state index in [-0.39, 0.29) is 5.82 Å². The fourth-order valence-corrected chi connectivity index (χ4v) is 2.66. The van der Waals surface area contributed by atoms with Crippen LogP contribution < -0.4 is 10.5 Å². The Bertz CT molecular complexity index is 554. The zero-order valence-electron chi connectivity index (χ0n) is 10.6. The maximum Gasteiger partial charge on any atom is 0.129 e. The van der Waals surface area contributed by atoms with Crippen molar-refractivity contribution in [2.45, 2.75) is 12.5 Å². The standard InChI is InChI=1S/C15H15BrFNO/c1-19-11-5-2-4-10(8-11)9-14(18)15-12(16)6-3-7-13(15)17/h2-8,14H,9,18H2,1H3. The molecule has 0 aliphatic carbocycles. The summed E-state index contributed by atoms with van der Waals surface area (Å²) in [6.45, 7) is 0. The number of methoxy groups -OCH3 is 1. The Morgan fingerprint density at radius 1 is 1.26 bits per heavy atom. The van der Waals surface area contributed by atoms with Crippen LogP contribution in [-0.4, -0.2) is 7.11 Å². The van der Waals surface area contributed by atoms with E-state index >= 15 is 0 Å². The van der Waals surface area contributed by atoms with Gasteiger partial charge in [0.2, 0.25) is 0 Å². The zero-order chi connectivity index (χ0) is 13.8. The van der Waals surface area contributed by atoms with Gasteiger partial charge in [0, 0.05) is 16.1 Å². The Morgan fingerprint density at radius 3 is 2.68 bits per heavy atom. The highest BCUT2D eigenvalue weighted by Crippen LogP contribution is 2.27. The molecule has 2 nitrogen and oxygen atoms in total. The van der Waals surface area contributed by atoms with Crippen LogP contribution in [0.3, 0.4) is 0 Å². The fourth-order valence-electron chi connectivity index (χ4n) is 2.02. The average molecular weight is 324 g/mol. The van der Waals surface area contributed by atoms with E-state index in [4.69, 9.17) is 10.5 Å². The van der Waals surface area contributed by atoms with Crippen molar-refractivity contribution in [3.05, 3.63) is 63.9 Å². The molecule has 1 atom stereocenters. The molecule has 2 aromatic rings. The van der Waals surface area contributed by atoms with E-state index in [0.29, 0.717) is 16.5 Å². The second kappa shape index (κ2) is 6.17. The molecule has 0 bridgehead atoms. The van der Waals surface area contributed by atoms with E-state index in [1.165, 1.54) is 6.07 Å². The summed E-state index contributed by atoms with van der Waals surface area (Å²) < 4.78 is 19.7. The predicted octanol–water partition coefficient (Wildman–Crippen LogP) is 3.84. The van der Waals surface area contributed by atoms with Gasteiger partial charge in [-0.05, 0) is 36.2 Å². The van der Waals surface area contributed by atoms with Crippen LogP contribution in [0.4, 0.5) is 4.39 Å². The van der Waals surface area contributed by atoms with Crippen LogP contribution in [0.5, 0.6) is 5.75 Å². The van der Waals surface area contributed by atoms with Crippen molar-refractivity contribution >= 4 is 15.9 Å². The molecule has 2 rings (SSSR count). The molecule has 2 N–H and O–H groups in total. The largest absolute Gasteiger partial charge is 0.497 e. The summed E-state index contributed by atoms with van der Waals surface area (Å²) in [7, 11) is 1.62. The molecule has 0 spiro atoms. The van der Waals surface area contributed by atoms with Crippen LogP contribution in [0.25, 0.3) is 0 Å². The van der Waals surface area contributed by atoms with E-state index in [1.807, 2.05) is 24.3 Å². The summed E-state index contributed by atoms with van der Waals surface area (Å²) in [5, 5.41) is 0. The van der Waals surface area contributed by atoms with Crippen LogP contribution in [0.15, 0.2) is 46.9 Å². The minimum absolute atomic E-state index is 0.287. The molecule has 0 amide bonds. The van der Waals surface area contributed by atoms with E-state index in [2.05, 4.69) is 15.9 Å². The lowest BCUT2D eigenvalue weighted by Gasteiger charge is -2.15. The van der Waals surface area contributed by atoms with Gasteiger partial charge in [0.15, 0.2) is 0 Å². The van der Waals surface area contributed by atoms with Crippen molar-refractivity contribution in [1.82, 2.24) is 0 Å². The third kappa shape index (κ3) is 3.33. The molecule has 0 aliphatic heterocycles. The van der Waals surface area contributed by atoms with Crippen molar-refractivity contribution in [3.8, 4) is 5.75 Å². The van der Waals surface area contributed by atoms with Crippen molar-refractivity contribution in [2.75, 3.05) is 7.11 Å². The molecular weight excluding hydrogens is 309 g/mol. The van der Waals surface area contributed by atoms with Gasteiger partial charge < -0.3 is 10.5 Å². The van der Waals surface area contributed by atoms with Crippen LogP contribution in [0, 0.1) is 5.82 Å². The third-order valence-electron chi connectivity index (χ3n) is 2.96. The second-order valence-electron chi connectivity index (χ2n) is 4.30. The van der Waals surface area contributed by atoms with Gasteiger partial charge in [-0.1, -0.05) is 34.1 Å². The number of benzene rings is 2. The van der Waals surface area contributed by atoms with Gasteiger partial charge in [-0.25, -0.2) is 4.39 Å². The number of nitrogens with two attached hydrogens (primary N) is 1. The average Bonchev–Trinajstić information content (AvgIpc) is 2.38. The molecule has 2 aromatic carbocycles. The monoisotopic (exact) mass is 323 g/mol. The van der Waals surface area contributed by atoms with Crippen molar-refractivity contribution < 1.29 is 9.13 Å². The smallest absolute Gasteiger partial charge is 0.129 e. The third-order valence-corrected chi connectivity index (χ3v) is 3.65. The molecule has 0 aromatic heterocycles. The Hall–Kier alpha value is -1.39. The van der Waals surface area contributed by atoms with Crippen LogP contribution in [-0.2, 0) is 6.42 Å². The molecule has 0 fully saturated rings. The molecule has 0 saturated heterocycles. The van der Waals surface area contributed by atoms with Crippen molar-refractivity contribution in [2.24, 2.45) is 5.73 Å². The molecular formula is C15H15BrFNO. The van der Waals surface area contributed by atoms with E-state index in [9.17, 15) is 4.39 Å². The molecule has 100 valence electrons. The number of hydrogen-bond acceptors (Lipinski definition) is 2. The zero-order valence-corrected chi connectivity index (χ0v) is 12.2. The summed E-state index contributed by atoms with van der Waals surface area (Å²) in [5.41, 5.74) is 7.63. The first-order valence-electron chi connectivity index (χ1n) is 5.94. The van der Waals surface area contributed by atoms with Gasteiger partial charge in [0.1, 0.15) is 11.6 Å². The highest BCUT2D eigenvalue weighted by atomic mass is 79.9. The summed E-state index contributed by atoms with van der Waals surface area (Å²) in [5.74, 6) is 0.488. The van der Waals surface area contributed by atoms with Gasteiger partial charge in [-0.2, -0.15) is 0 Å². The maximum atomic E-state index is 13.8. The number of hydrogen-bond donors (Lipinski definition) is 1. The van der Waals surface area contributed by atoms with Crippen LogP contribution in [0.2, 0.25) is 0 Å². The molecule has 1 unspecified atom stereocenters. The predicted molar refractivity (Wildman–Crippen MR) is 77.7 cm³/mol. The van der Waals surface area contributed by atoms with Gasteiger partial charge >= 0.3 is 0 Å². The van der Waals surface area contributed by atoms with E-state index in [1.54, 1.807) is 19.2 Å². The molecule has 0 saturated carbocycles. The van der Waals surface area contributed by atoms with E-state index in [0.717, 1.165) is 11.3 Å². The molecule has 0 heterocycles. The van der Waals surface area contributed by atoms with Gasteiger partial charge in [0.05, 0.1) is 7.11 Å². The minimum atomic E-state index is -0.400.